The number of rotatable bonds is 8. The zero-order valence-corrected chi connectivity index (χ0v) is 31.3. The fourth-order valence-corrected chi connectivity index (χ4v) is 7.92. The third kappa shape index (κ3) is 5.94. The molecule has 10 aromatic rings. The van der Waals surface area contributed by atoms with Crippen LogP contribution in [0.3, 0.4) is 0 Å². The van der Waals surface area contributed by atoms with Crippen LogP contribution in [0.1, 0.15) is 12.7 Å². The van der Waals surface area contributed by atoms with E-state index in [0.29, 0.717) is 23.0 Å². The highest BCUT2D eigenvalue weighted by molar-refractivity contribution is 6.17. The molecule has 7 aromatic carbocycles. The van der Waals surface area contributed by atoms with Crippen molar-refractivity contribution in [2.24, 2.45) is 0 Å². The quantitative estimate of drug-likeness (QED) is 0.146. The predicted molar refractivity (Wildman–Crippen MR) is 236 cm³/mol. The van der Waals surface area contributed by atoms with Gasteiger partial charge in [-0.2, -0.15) is 0 Å². The van der Waals surface area contributed by atoms with Crippen LogP contribution in [0, 0.1) is 0 Å². The molecule has 0 atom stereocenters. The fourth-order valence-electron chi connectivity index (χ4n) is 7.92. The molecule has 3 aromatic heterocycles. The lowest BCUT2D eigenvalue weighted by atomic mass is 9.97. The van der Waals surface area contributed by atoms with Crippen molar-refractivity contribution in [2.75, 3.05) is 0 Å². The lowest BCUT2D eigenvalue weighted by Crippen LogP contribution is -2.06. The summed E-state index contributed by atoms with van der Waals surface area (Å²) in [6, 6.07) is 57.0. The highest BCUT2D eigenvalue weighted by atomic mass is 16.3. The molecule has 0 fully saturated rings. The van der Waals surface area contributed by atoms with E-state index in [9.17, 15) is 0 Å². The molecule has 270 valence electrons. The maximum atomic E-state index is 6.22. The van der Waals surface area contributed by atoms with Crippen molar-refractivity contribution in [1.82, 2.24) is 19.5 Å². The average molecular weight is 733 g/mol. The van der Waals surface area contributed by atoms with Crippen molar-refractivity contribution in [3.63, 3.8) is 0 Å². The van der Waals surface area contributed by atoms with E-state index in [1.54, 1.807) is 0 Å². The molecule has 0 radical (unpaired) electrons. The molecule has 0 aliphatic rings. The predicted octanol–water partition coefficient (Wildman–Crippen LogP) is 13.7. The molecule has 10 rings (SSSR count). The number of aromatic nitrogens is 4. The Morgan fingerprint density at radius 2 is 1.18 bits per heavy atom. The van der Waals surface area contributed by atoms with E-state index < -0.39 is 0 Å². The Balaban J connectivity index is 1.27. The second-order valence-corrected chi connectivity index (χ2v) is 14.0. The molecule has 0 unspecified atom stereocenters. The van der Waals surface area contributed by atoms with E-state index in [1.165, 1.54) is 0 Å². The summed E-state index contributed by atoms with van der Waals surface area (Å²) in [5, 5.41) is 4.52. The van der Waals surface area contributed by atoms with Gasteiger partial charge in [0.2, 0.25) is 0 Å². The van der Waals surface area contributed by atoms with Gasteiger partial charge >= 0.3 is 0 Å². The molecule has 0 bridgehead atoms. The zero-order valence-electron chi connectivity index (χ0n) is 31.3. The lowest BCUT2D eigenvalue weighted by Gasteiger charge is -2.19. The maximum Gasteiger partial charge on any atom is 0.166 e. The first-order valence-corrected chi connectivity index (χ1v) is 19.1. The molecule has 0 N–H and O–H groups in total. The van der Waals surface area contributed by atoms with Crippen molar-refractivity contribution in [2.45, 2.75) is 6.92 Å². The summed E-state index contributed by atoms with van der Waals surface area (Å²) >= 11 is 0. The van der Waals surface area contributed by atoms with Crippen LogP contribution in [0.5, 0.6) is 0 Å². The first-order valence-electron chi connectivity index (χ1n) is 19.1. The molecule has 0 aliphatic carbocycles. The van der Waals surface area contributed by atoms with Crippen LogP contribution in [0.15, 0.2) is 199 Å². The fraction of sp³-hybridized carbons (Fsp3) is 0.0192. The Morgan fingerprint density at radius 3 is 2.00 bits per heavy atom. The molecule has 3 heterocycles. The van der Waals surface area contributed by atoms with Gasteiger partial charge in [-0.3, -0.25) is 0 Å². The summed E-state index contributed by atoms with van der Waals surface area (Å²) in [6.07, 6.45) is 7.85. The number of para-hydroxylation sites is 3. The number of allylic oxidation sites excluding steroid dienone is 5. The second kappa shape index (κ2) is 14.2. The Hall–Kier alpha value is -7.63. The van der Waals surface area contributed by atoms with Crippen molar-refractivity contribution >= 4 is 49.3 Å². The molecule has 5 nitrogen and oxygen atoms in total. The van der Waals surface area contributed by atoms with Crippen molar-refractivity contribution < 1.29 is 4.42 Å². The van der Waals surface area contributed by atoms with Crippen LogP contribution in [-0.4, -0.2) is 19.5 Å². The standard InChI is InChI=1S/C52H36N4O/c1-3-4-7-18-34(2)50-53-51(36-21-10-6-11-22-36)55-52(54-50)42-27-16-26-39(35-19-8-5-9-20-35)49(42)56-44-28-14-12-24-41(44)48-38(25-17-29-45(48)56)37-31-32-47-43(33-37)40-23-13-15-30-46(40)57-47/h3-33H,2H2,1H3/b4-3-,18-7-. The van der Waals surface area contributed by atoms with E-state index in [-0.39, 0.29) is 0 Å². The van der Waals surface area contributed by atoms with Gasteiger partial charge in [-0.05, 0) is 60.0 Å². The topological polar surface area (TPSA) is 56.7 Å². The van der Waals surface area contributed by atoms with Gasteiger partial charge in [-0.15, -0.1) is 0 Å². The number of benzene rings is 7. The van der Waals surface area contributed by atoms with Crippen LogP contribution < -0.4 is 0 Å². The first kappa shape index (κ1) is 33.9. The first-order chi connectivity index (χ1) is 28.2. The minimum Gasteiger partial charge on any atom is -0.456 e. The maximum absolute atomic E-state index is 6.22. The summed E-state index contributed by atoms with van der Waals surface area (Å²) in [5.41, 5.74) is 11.8. The van der Waals surface area contributed by atoms with Crippen LogP contribution in [0.4, 0.5) is 0 Å². The lowest BCUT2D eigenvalue weighted by molar-refractivity contribution is 0.669. The summed E-state index contributed by atoms with van der Waals surface area (Å²) < 4.78 is 8.62. The Morgan fingerprint density at radius 1 is 0.526 bits per heavy atom. The van der Waals surface area contributed by atoms with Crippen LogP contribution in [0.25, 0.3) is 100 Å². The third-order valence-corrected chi connectivity index (χ3v) is 10.5. The summed E-state index contributed by atoms with van der Waals surface area (Å²) in [4.78, 5) is 15.3. The van der Waals surface area contributed by atoms with Crippen molar-refractivity contribution in [3.8, 4) is 50.7 Å². The Labute approximate surface area is 330 Å². The van der Waals surface area contributed by atoms with Gasteiger partial charge in [0.25, 0.3) is 0 Å². The van der Waals surface area contributed by atoms with Gasteiger partial charge in [-0.25, -0.2) is 15.0 Å². The monoisotopic (exact) mass is 732 g/mol. The molecule has 0 spiro atoms. The Bertz CT molecular complexity index is 3210. The molecule has 0 amide bonds. The number of furan rings is 1. The molecule has 5 heteroatoms. The van der Waals surface area contributed by atoms with Crippen LogP contribution >= 0.6 is 0 Å². The van der Waals surface area contributed by atoms with Crippen molar-refractivity contribution in [3.05, 3.63) is 200 Å². The highest BCUT2D eigenvalue weighted by Crippen LogP contribution is 2.44. The van der Waals surface area contributed by atoms with E-state index in [1.807, 2.05) is 73.7 Å². The second-order valence-electron chi connectivity index (χ2n) is 14.0. The number of nitrogens with zero attached hydrogens (tertiary/aromatic N) is 4. The van der Waals surface area contributed by atoms with Gasteiger partial charge in [0.1, 0.15) is 11.2 Å². The van der Waals surface area contributed by atoms with Gasteiger partial charge in [0.15, 0.2) is 17.5 Å². The molecule has 0 saturated carbocycles. The summed E-state index contributed by atoms with van der Waals surface area (Å²) in [6.45, 7) is 6.36. The van der Waals surface area contributed by atoms with E-state index in [4.69, 9.17) is 19.4 Å². The number of fused-ring (bicyclic) bond motifs is 6. The average Bonchev–Trinajstić information content (AvgIpc) is 3.82. The van der Waals surface area contributed by atoms with E-state index in [0.717, 1.165) is 82.8 Å². The van der Waals surface area contributed by atoms with Crippen LogP contribution in [0.2, 0.25) is 0 Å². The van der Waals surface area contributed by atoms with Gasteiger partial charge in [0.05, 0.1) is 16.7 Å². The van der Waals surface area contributed by atoms with Gasteiger partial charge < -0.3 is 8.98 Å². The van der Waals surface area contributed by atoms with Crippen molar-refractivity contribution in [1.29, 1.82) is 0 Å². The normalized spacial score (nSPS) is 11.9. The third-order valence-electron chi connectivity index (χ3n) is 10.5. The molecular formula is C52H36N4O. The SMILES string of the molecule is C=C(/C=C\C=C/C)c1nc(-c2ccccc2)nc(-c2cccc(-c3ccccc3)c2-n2c3ccccc3c3c(-c4ccc5oc6ccccc6c5c4)cccc32)n1. The molecule has 0 aliphatic heterocycles. The van der Waals surface area contributed by atoms with Gasteiger partial charge in [0, 0.05) is 43.8 Å². The molecule has 57 heavy (non-hydrogen) atoms. The molecule has 0 saturated heterocycles. The summed E-state index contributed by atoms with van der Waals surface area (Å²) in [5.74, 6) is 1.66. The zero-order chi connectivity index (χ0) is 38.3. The number of hydrogen-bond donors (Lipinski definition) is 0. The Kier molecular flexibility index (Phi) is 8.46. The van der Waals surface area contributed by atoms with E-state index in [2.05, 4.69) is 132 Å². The summed E-state index contributed by atoms with van der Waals surface area (Å²) in [7, 11) is 0. The largest absolute Gasteiger partial charge is 0.456 e. The highest BCUT2D eigenvalue weighted by Gasteiger charge is 2.24. The number of hydrogen-bond acceptors (Lipinski definition) is 4. The van der Waals surface area contributed by atoms with Gasteiger partial charge in [-0.1, -0.05) is 158 Å². The minimum absolute atomic E-state index is 0.516. The molecular weight excluding hydrogens is 697 g/mol. The van der Waals surface area contributed by atoms with E-state index >= 15 is 0 Å². The van der Waals surface area contributed by atoms with Crippen LogP contribution in [-0.2, 0) is 0 Å². The smallest absolute Gasteiger partial charge is 0.166 e. The minimum atomic E-state index is 0.516.